The van der Waals surface area contributed by atoms with Crippen molar-refractivity contribution in [2.24, 2.45) is 0 Å². The predicted molar refractivity (Wildman–Crippen MR) is 93.7 cm³/mol. The van der Waals surface area contributed by atoms with Crippen LogP contribution in [0.5, 0.6) is 11.5 Å². The number of methoxy groups -OCH3 is 1. The molecular formula is C18H19BrN2O2. The SMILES string of the molecule is COc1cc(CNCCc2ccccc2)cc(Br)c1OCC#N. The van der Waals surface area contributed by atoms with Crippen LogP contribution in [-0.4, -0.2) is 20.3 Å². The summed E-state index contributed by atoms with van der Waals surface area (Å²) in [6.45, 7) is 1.63. The van der Waals surface area contributed by atoms with Crippen molar-refractivity contribution in [3.05, 3.63) is 58.1 Å². The number of hydrogen-bond donors (Lipinski definition) is 1. The molecule has 2 aromatic rings. The molecule has 0 aliphatic rings. The van der Waals surface area contributed by atoms with E-state index in [-0.39, 0.29) is 6.61 Å². The normalized spacial score (nSPS) is 10.1. The molecule has 0 radical (unpaired) electrons. The average molecular weight is 375 g/mol. The number of nitrogens with one attached hydrogen (secondary N) is 1. The fraction of sp³-hybridized carbons (Fsp3) is 0.278. The Morgan fingerprint density at radius 3 is 2.65 bits per heavy atom. The van der Waals surface area contributed by atoms with E-state index in [9.17, 15) is 0 Å². The summed E-state index contributed by atoms with van der Waals surface area (Å²) in [6, 6.07) is 16.2. The number of nitriles is 1. The maximum Gasteiger partial charge on any atom is 0.176 e. The summed E-state index contributed by atoms with van der Waals surface area (Å²) in [5.74, 6) is 1.18. The standard InChI is InChI=1S/C18H19BrN2O2/c1-22-17-12-15(11-16(19)18(17)23-10-8-20)13-21-9-7-14-5-3-2-4-6-14/h2-6,11-12,21H,7,9-10,13H2,1H3. The molecule has 0 aromatic heterocycles. The smallest absolute Gasteiger partial charge is 0.176 e. The highest BCUT2D eigenvalue weighted by atomic mass is 79.9. The lowest BCUT2D eigenvalue weighted by atomic mass is 10.1. The van der Waals surface area contributed by atoms with E-state index in [2.05, 4.69) is 45.5 Å². The third-order valence-corrected chi connectivity index (χ3v) is 3.92. The average Bonchev–Trinajstić information content (AvgIpc) is 2.58. The first kappa shape index (κ1) is 17.3. The van der Waals surface area contributed by atoms with Gasteiger partial charge in [0, 0.05) is 6.54 Å². The van der Waals surface area contributed by atoms with Gasteiger partial charge in [-0.3, -0.25) is 0 Å². The van der Waals surface area contributed by atoms with Gasteiger partial charge >= 0.3 is 0 Å². The van der Waals surface area contributed by atoms with E-state index >= 15 is 0 Å². The van der Waals surface area contributed by atoms with Crippen molar-refractivity contribution in [3.8, 4) is 17.6 Å². The summed E-state index contributed by atoms with van der Waals surface area (Å²) < 4.78 is 11.5. The van der Waals surface area contributed by atoms with Gasteiger partial charge in [-0.05, 0) is 52.2 Å². The fourth-order valence-corrected chi connectivity index (χ4v) is 2.83. The van der Waals surface area contributed by atoms with Gasteiger partial charge in [-0.25, -0.2) is 0 Å². The molecule has 0 saturated heterocycles. The molecule has 120 valence electrons. The van der Waals surface area contributed by atoms with E-state index in [1.807, 2.05) is 24.3 Å². The Labute approximate surface area is 145 Å². The zero-order valence-corrected chi connectivity index (χ0v) is 14.6. The van der Waals surface area contributed by atoms with E-state index in [0.29, 0.717) is 11.5 Å². The molecule has 1 N–H and O–H groups in total. The van der Waals surface area contributed by atoms with E-state index < -0.39 is 0 Å². The quantitative estimate of drug-likeness (QED) is 0.715. The van der Waals surface area contributed by atoms with E-state index in [0.717, 1.165) is 29.5 Å². The zero-order chi connectivity index (χ0) is 16.5. The number of halogens is 1. The molecule has 0 bridgehead atoms. The van der Waals surface area contributed by atoms with Crippen molar-refractivity contribution in [2.75, 3.05) is 20.3 Å². The second-order valence-electron chi connectivity index (χ2n) is 4.97. The van der Waals surface area contributed by atoms with Crippen LogP contribution in [-0.2, 0) is 13.0 Å². The van der Waals surface area contributed by atoms with Crippen LogP contribution in [0, 0.1) is 11.3 Å². The summed E-state index contributed by atoms with van der Waals surface area (Å²) in [6.07, 6.45) is 0.989. The Bertz CT molecular complexity index is 669. The minimum atomic E-state index is -0.0103. The molecule has 0 spiro atoms. The third-order valence-electron chi connectivity index (χ3n) is 3.33. The van der Waals surface area contributed by atoms with Gasteiger partial charge < -0.3 is 14.8 Å². The molecule has 0 unspecified atom stereocenters. The number of hydrogen-bond acceptors (Lipinski definition) is 4. The van der Waals surface area contributed by atoms with Crippen LogP contribution in [0.15, 0.2) is 46.9 Å². The van der Waals surface area contributed by atoms with Crippen molar-refractivity contribution in [3.63, 3.8) is 0 Å². The van der Waals surface area contributed by atoms with Crippen LogP contribution in [0.25, 0.3) is 0 Å². The van der Waals surface area contributed by atoms with Crippen LogP contribution in [0.4, 0.5) is 0 Å². The summed E-state index contributed by atoms with van der Waals surface area (Å²) in [5, 5.41) is 12.1. The highest BCUT2D eigenvalue weighted by Crippen LogP contribution is 2.36. The fourth-order valence-electron chi connectivity index (χ4n) is 2.23. The van der Waals surface area contributed by atoms with E-state index in [1.165, 1.54) is 5.56 Å². The molecular weight excluding hydrogens is 356 g/mol. The lowest BCUT2D eigenvalue weighted by Gasteiger charge is -2.13. The summed E-state index contributed by atoms with van der Waals surface area (Å²) >= 11 is 3.47. The predicted octanol–water partition coefficient (Wildman–Crippen LogP) is 3.69. The van der Waals surface area contributed by atoms with Gasteiger partial charge in [0.05, 0.1) is 11.6 Å². The lowest BCUT2D eigenvalue weighted by molar-refractivity contribution is 0.327. The maximum atomic E-state index is 8.63. The Balaban J connectivity index is 1.92. The molecule has 2 aromatic carbocycles. The molecule has 0 saturated carbocycles. The van der Waals surface area contributed by atoms with Crippen molar-refractivity contribution in [2.45, 2.75) is 13.0 Å². The lowest BCUT2D eigenvalue weighted by Crippen LogP contribution is -2.16. The van der Waals surface area contributed by atoms with Gasteiger partial charge in [0.2, 0.25) is 0 Å². The third kappa shape index (κ3) is 5.27. The van der Waals surface area contributed by atoms with Crippen LogP contribution in [0.3, 0.4) is 0 Å². The molecule has 2 rings (SSSR count). The van der Waals surface area contributed by atoms with Crippen molar-refractivity contribution < 1.29 is 9.47 Å². The molecule has 0 amide bonds. The number of nitrogens with zero attached hydrogens (tertiary/aromatic N) is 1. The first-order chi connectivity index (χ1) is 11.2. The van der Waals surface area contributed by atoms with Gasteiger partial charge in [-0.15, -0.1) is 0 Å². The van der Waals surface area contributed by atoms with Gasteiger partial charge in [-0.1, -0.05) is 30.3 Å². The van der Waals surface area contributed by atoms with Gasteiger partial charge in [0.1, 0.15) is 6.07 Å². The van der Waals surface area contributed by atoms with Crippen LogP contribution in [0.1, 0.15) is 11.1 Å². The van der Waals surface area contributed by atoms with E-state index in [1.54, 1.807) is 7.11 Å². The number of ether oxygens (including phenoxy) is 2. The molecule has 0 aliphatic heterocycles. The van der Waals surface area contributed by atoms with E-state index in [4.69, 9.17) is 14.7 Å². The molecule has 0 heterocycles. The Morgan fingerprint density at radius 2 is 1.96 bits per heavy atom. The summed E-state index contributed by atoms with van der Waals surface area (Å²) in [4.78, 5) is 0. The molecule has 0 aliphatic carbocycles. The topological polar surface area (TPSA) is 54.3 Å². The van der Waals surface area contributed by atoms with Crippen LogP contribution < -0.4 is 14.8 Å². The minimum Gasteiger partial charge on any atom is -0.493 e. The largest absolute Gasteiger partial charge is 0.493 e. The molecule has 4 nitrogen and oxygen atoms in total. The summed E-state index contributed by atoms with van der Waals surface area (Å²) in [5.41, 5.74) is 2.41. The Morgan fingerprint density at radius 1 is 1.17 bits per heavy atom. The second-order valence-corrected chi connectivity index (χ2v) is 5.82. The molecule has 23 heavy (non-hydrogen) atoms. The zero-order valence-electron chi connectivity index (χ0n) is 13.0. The highest BCUT2D eigenvalue weighted by molar-refractivity contribution is 9.10. The highest BCUT2D eigenvalue weighted by Gasteiger charge is 2.11. The van der Waals surface area contributed by atoms with Gasteiger partial charge in [0.15, 0.2) is 18.1 Å². The first-order valence-electron chi connectivity index (χ1n) is 7.35. The first-order valence-corrected chi connectivity index (χ1v) is 8.14. The molecule has 0 fully saturated rings. The number of rotatable bonds is 8. The maximum absolute atomic E-state index is 8.63. The number of benzene rings is 2. The second kappa shape index (κ2) is 9.19. The molecule has 5 heteroatoms. The van der Waals surface area contributed by atoms with Crippen LogP contribution in [0.2, 0.25) is 0 Å². The van der Waals surface area contributed by atoms with Crippen molar-refractivity contribution >= 4 is 15.9 Å². The summed E-state index contributed by atoms with van der Waals surface area (Å²) in [7, 11) is 1.59. The minimum absolute atomic E-state index is 0.0103. The Hall–Kier alpha value is -2.03. The van der Waals surface area contributed by atoms with Gasteiger partial charge in [0.25, 0.3) is 0 Å². The van der Waals surface area contributed by atoms with Crippen molar-refractivity contribution in [1.82, 2.24) is 5.32 Å². The monoisotopic (exact) mass is 374 g/mol. The molecule has 0 atom stereocenters. The Kier molecular flexibility index (Phi) is 6.92. The van der Waals surface area contributed by atoms with Crippen molar-refractivity contribution in [1.29, 1.82) is 5.26 Å². The van der Waals surface area contributed by atoms with Gasteiger partial charge in [-0.2, -0.15) is 5.26 Å². The van der Waals surface area contributed by atoms with Crippen LogP contribution >= 0.6 is 15.9 Å².